The van der Waals surface area contributed by atoms with Crippen LogP contribution in [0.5, 0.6) is 0 Å². The third-order valence-corrected chi connectivity index (χ3v) is 4.90. The second-order valence-corrected chi connectivity index (χ2v) is 6.53. The Morgan fingerprint density at radius 1 is 1.46 bits per heavy atom. The van der Waals surface area contributed by atoms with Gasteiger partial charge in [-0.05, 0) is 30.7 Å². The standard InChI is InChI=1S/C16H12BrN3O4/c1-6-10(13(21)23-2)16(14(22)19-6)9-5-7(17)3-4-8(9)11-12(16)20-15(18)24-11/h3-5H,1-2H3,(H2,18,20)(H,19,22)/t16-/m0/s1. The van der Waals surface area contributed by atoms with E-state index in [1.165, 1.54) is 7.11 Å². The molecule has 1 aliphatic heterocycles. The molecule has 2 aromatic rings. The van der Waals surface area contributed by atoms with E-state index in [1.54, 1.807) is 19.1 Å². The first-order valence-corrected chi connectivity index (χ1v) is 7.88. The molecule has 1 amide bonds. The number of halogens is 1. The number of benzene rings is 1. The van der Waals surface area contributed by atoms with E-state index in [-0.39, 0.29) is 17.5 Å². The number of amides is 1. The summed E-state index contributed by atoms with van der Waals surface area (Å²) in [6.07, 6.45) is 0. The van der Waals surface area contributed by atoms with Crippen LogP contribution in [0, 0.1) is 0 Å². The van der Waals surface area contributed by atoms with Crippen molar-refractivity contribution in [1.82, 2.24) is 10.3 Å². The number of ether oxygens (including phenoxy) is 1. The van der Waals surface area contributed by atoms with Crippen molar-refractivity contribution in [3.63, 3.8) is 0 Å². The third-order valence-electron chi connectivity index (χ3n) is 4.41. The van der Waals surface area contributed by atoms with Gasteiger partial charge in [0.25, 0.3) is 6.01 Å². The summed E-state index contributed by atoms with van der Waals surface area (Å²) in [6, 6.07) is 5.34. The zero-order valence-electron chi connectivity index (χ0n) is 12.8. The lowest BCUT2D eigenvalue weighted by molar-refractivity contribution is -0.137. The smallest absolute Gasteiger partial charge is 0.337 e. The van der Waals surface area contributed by atoms with Crippen LogP contribution in [0.1, 0.15) is 18.2 Å². The SMILES string of the molecule is COC(=O)C1=C(C)NC(=O)[C@@]12c1cc(Br)ccc1-c1oc(N)nc12. The minimum absolute atomic E-state index is 0.0606. The number of anilines is 1. The van der Waals surface area contributed by atoms with Crippen molar-refractivity contribution in [3.05, 3.63) is 45.2 Å². The summed E-state index contributed by atoms with van der Waals surface area (Å²) >= 11 is 3.41. The summed E-state index contributed by atoms with van der Waals surface area (Å²) in [5, 5.41) is 2.73. The Hall–Kier alpha value is -2.61. The van der Waals surface area contributed by atoms with E-state index in [4.69, 9.17) is 14.9 Å². The van der Waals surface area contributed by atoms with Crippen molar-refractivity contribution in [1.29, 1.82) is 0 Å². The van der Waals surface area contributed by atoms with Crippen molar-refractivity contribution in [2.24, 2.45) is 0 Å². The lowest BCUT2D eigenvalue weighted by Crippen LogP contribution is -2.40. The minimum atomic E-state index is -1.42. The molecule has 7 nitrogen and oxygen atoms in total. The van der Waals surface area contributed by atoms with E-state index >= 15 is 0 Å². The van der Waals surface area contributed by atoms with Gasteiger partial charge in [-0.15, -0.1) is 0 Å². The summed E-state index contributed by atoms with van der Waals surface area (Å²) in [7, 11) is 1.27. The van der Waals surface area contributed by atoms with Gasteiger partial charge in [-0.3, -0.25) is 4.79 Å². The second kappa shape index (κ2) is 4.70. The van der Waals surface area contributed by atoms with Crippen LogP contribution >= 0.6 is 15.9 Å². The number of nitrogens with zero attached hydrogens (tertiary/aromatic N) is 1. The molecule has 0 unspecified atom stereocenters. The van der Waals surface area contributed by atoms with Crippen molar-refractivity contribution in [3.8, 4) is 11.3 Å². The highest BCUT2D eigenvalue weighted by Gasteiger charge is 2.61. The molecule has 0 saturated heterocycles. The molecule has 122 valence electrons. The minimum Gasteiger partial charge on any atom is -0.466 e. The molecule has 3 N–H and O–H groups in total. The fraction of sp³-hybridized carbons (Fsp3) is 0.188. The molecule has 1 spiro atoms. The topological polar surface area (TPSA) is 107 Å². The lowest BCUT2D eigenvalue weighted by Gasteiger charge is -2.24. The molecule has 0 saturated carbocycles. The zero-order valence-corrected chi connectivity index (χ0v) is 14.4. The van der Waals surface area contributed by atoms with E-state index in [1.807, 2.05) is 6.07 Å². The van der Waals surface area contributed by atoms with Gasteiger partial charge >= 0.3 is 5.97 Å². The largest absolute Gasteiger partial charge is 0.466 e. The van der Waals surface area contributed by atoms with Gasteiger partial charge in [0.15, 0.2) is 11.2 Å². The van der Waals surface area contributed by atoms with Crippen LogP contribution in [0.25, 0.3) is 11.3 Å². The number of rotatable bonds is 1. The van der Waals surface area contributed by atoms with Crippen LogP contribution in [-0.2, 0) is 19.7 Å². The van der Waals surface area contributed by atoms with Gasteiger partial charge in [0.05, 0.1) is 12.7 Å². The van der Waals surface area contributed by atoms with Gasteiger partial charge in [0.1, 0.15) is 5.69 Å². The molecule has 1 aromatic heterocycles. The average molecular weight is 390 g/mol. The van der Waals surface area contributed by atoms with Crippen LogP contribution in [0.3, 0.4) is 0 Å². The average Bonchev–Trinajstić information content (AvgIpc) is 3.11. The van der Waals surface area contributed by atoms with Gasteiger partial charge in [-0.1, -0.05) is 15.9 Å². The van der Waals surface area contributed by atoms with Crippen LogP contribution in [0.2, 0.25) is 0 Å². The van der Waals surface area contributed by atoms with Crippen LogP contribution in [0.4, 0.5) is 6.01 Å². The summed E-state index contributed by atoms with van der Waals surface area (Å²) in [6.45, 7) is 1.65. The van der Waals surface area contributed by atoms with Crippen molar-refractivity contribution >= 4 is 33.8 Å². The number of aromatic nitrogens is 1. The Bertz CT molecular complexity index is 962. The van der Waals surface area contributed by atoms with E-state index in [9.17, 15) is 9.59 Å². The number of hydrogen-bond acceptors (Lipinski definition) is 6. The Balaban J connectivity index is 2.15. The van der Waals surface area contributed by atoms with E-state index in [0.29, 0.717) is 28.3 Å². The first-order valence-electron chi connectivity index (χ1n) is 7.09. The molecule has 1 aromatic carbocycles. The second-order valence-electron chi connectivity index (χ2n) is 5.62. The maximum absolute atomic E-state index is 13.0. The Morgan fingerprint density at radius 2 is 2.21 bits per heavy atom. The summed E-state index contributed by atoms with van der Waals surface area (Å²) in [5.74, 6) is -0.598. The van der Waals surface area contributed by atoms with E-state index < -0.39 is 11.4 Å². The molecule has 1 aliphatic carbocycles. The highest BCUT2D eigenvalue weighted by atomic mass is 79.9. The number of esters is 1. The number of nitrogens with two attached hydrogens (primary N) is 1. The molecule has 0 fully saturated rings. The number of carbonyl (C=O) groups is 2. The number of methoxy groups -OCH3 is 1. The normalized spacial score (nSPS) is 21.0. The van der Waals surface area contributed by atoms with E-state index in [0.717, 1.165) is 4.47 Å². The van der Waals surface area contributed by atoms with Gasteiger partial charge in [0.2, 0.25) is 5.91 Å². The molecule has 0 bridgehead atoms. The maximum Gasteiger partial charge on any atom is 0.337 e. The predicted octanol–water partition coefficient (Wildman–Crippen LogP) is 1.86. The third kappa shape index (κ3) is 1.58. The van der Waals surface area contributed by atoms with Gasteiger partial charge in [-0.25, -0.2) is 4.79 Å². The summed E-state index contributed by atoms with van der Waals surface area (Å²) < 4.78 is 11.2. The highest BCUT2D eigenvalue weighted by molar-refractivity contribution is 9.10. The first kappa shape index (κ1) is 14.9. The van der Waals surface area contributed by atoms with E-state index in [2.05, 4.69) is 26.2 Å². The lowest BCUT2D eigenvalue weighted by atomic mass is 9.75. The summed E-state index contributed by atoms with van der Waals surface area (Å²) in [5.41, 5.74) is 6.49. The Morgan fingerprint density at radius 3 is 2.92 bits per heavy atom. The molecule has 2 aliphatic rings. The zero-order chi connectivity index (χ0) is 17.2. The monoisotopic (exact) mass is 389 g/mol. The number of fused-ring (bicyclic) bond motifs is 5. The molecule has 24 heavy (non-hydrogen) atoms. The molecule has 4 rings (SSSR count). The van der Waals surface area contributed by atoms with Crippen molar-refractivity contribution in [2.45, 2.75) is 12.3 Å². The van der Waals surface area contributed by atoms with Crippen LogP contribution in [-0.4, -0.2) is 24.0 Å². The maximum atomic E-state index is 13.0. The van der Waals surface area contributed by atoms with Crippen molar-refractivity contribution < 1.29 is 18.7 Å². The fourth-order valence-electron chi connectivity index (χ4n) is 3.54. The molecular weight excluding hydrogens is 378 g/mol. The number of allylic oxidation sites excluding steroid dienone is 1. The number of oxazole rings is 1. The molecule has 0 radical (unpaired) electrons. The van der Waals surface area contributed by atoms with Gasteiger partial charge in [-0.2, -0.15) is 4.98 Å². The quantitative estimate of drug-likeness (QED) is 0.720. The summed E-state index contributed by atoms with van der Waals surface area (Å²) in [4.78, 5) is 29.7. The van der Waals surface area contributed by atoms with Gasteiger partial charge < -0.3 is 20.2 Å². The molecule has 2 heterocycles. The number of nitrogens with one attached hydrogen (secondary N) is 1. The number of nitrogen functional groups attached to an aromatic ring is 1. The van der Waals surface area contributed by atoms with Gasteiger partial charge in [0, 0.05) is 15.7 Å². The fourth-order valence-corrected chi connectivity index (χ4v) is 3.90. The highest BCUT2D eigenvalue weighted by Crippen LogP contribution is 2.56. The van der Waals surface area contributed by atoms with Crippen LogP contribution in [0.15, 0.2) is 38.4 Å². The Labute approximate surface area is 145 Å². The molecule has 1 atom stereocenters. The van der Waals surface area contributed by atoms with Crippen LogP contribution < -0.4 is 11.1 Å². The number of carbonyl (C=O) groups excluding carboxylic acids is 2. The predicted molar refractivity (Wildman–Crippen MR) is 87.7 cm³/mol. The first-order chi connectivity index (χ1) is 11.4. The Kier molecular flexibility index (Phi) is 2.93. The number of hydrogen-bond donors (Lipinski definition) is 2. The van der Waals surface area contributed by atoms with Crippen molar-refractivity contribution in [2.75, 3.05) is 12.8 Å². The molecular formula is C16H12BrN3O4. The molecule has 8 heteroatoms.